The normalized spacial score (nSPS) is 23.2. The average Bonchev–Trinajstić information content (AvgIpc) is 3.29. The fraction of sp³-hybridized carbons (Fsp3) is 0.941. The standard InChI is InChI=1S/C17H33N3O/c1-3-11-19-17(16(18)21,15-9-10-15)13-20(2)12-14-7-5-4-6-8-14/h14-15,19H,3-13H2,1-2H3,(H2,18,21). The summed E-state index contributed by atoms with van der Waals surface area (Å²) in [5, 5.41) is 3.50. The molecule has 0 aliphatic heterocycles. The Bertz CT molecular complexity index is 337. The summed E-state index contributed by atoms with van der Waals surface area (Å²) >= 11 is 0. The van der Waals surface area contributed by atoms with E-state index in [0.29, 0.717) is 5.92 Å². The SMILES string of the molecule is CCCNC(CN(C)CC1CCCCC1)(C(N)=O)C1CC1. The molecule has 1 amide bonds. The fourth-order valence-corrected chi connectivity index (χ4v) is 3.92. The van der Waals surface area contributed by atoms with Crippen LogP contribution in [-0.4, -0.2) is 43.0 Å². The Morgan fingerprint density at radius 2 is 1.90 bits per heavy atom. The van der Waals surface area contributed by atoms with Gasteiger partial charge in [-0.15, -0.1) is 0 Å². The first-order valence-electron chi connectivity index (χ1n) is 8.82. The highest BCUT2D eigenvalue weighted by atomic mass is 16.1. The molecule has 1 atom stereocenters. The van der Waals surface area contributed by atoms with Crippen molar-refractivity contribution in [3.05, 3.63) is 0 Å². The van der Waals surface area contributed by atoms with Gasteiger partial charge < -0.3 is 16.0 Å². The van der Waals surface area contributed by atoms with Gasteiger partial charge in [0.15, 0.2) is 0 Å². The Kier molecular flexibility index (Phi) is 6.06. The van der Waals surface area contributed by atoms with Gasteiger partial charge >= 0.3 is 0 Å². The first kappa shape index (κ1) is 16.8. The third-order valence-electron chi connectivity index (χ3n) is 5.22. The summed E-state index contributed by atoms with van der Waals surface area (Å²) in [6.07, 6.45) is 10.1. The lowest BCUT2D eigenvalue weighted by atomic mass is 9.87. The molecule has 0 saturated heterocycles. The van der Waals surface area contributed by atoms with E-state index < -0.39 is 5.54 Å². The predicted octanol–water partition coefficient (Wildman–Crippen LogP) is 2.13. The van der Waals surface area contributed by atoms with Crippen LogP contribution in [0.3, 0.4) is 0 Å². The Labute approximate surface area is 129 Å². The largest absolute Gasteiger partial charge is 0.368 e. The number of carbonyl (C=O) groups excluding carboxylic acids is 1. The maximum absolute atomic E-state index is 12.2. The highest BCUT2D eigenvalue weighted by Gasteiger charge is 2.49. The van der Waals surface area contributed by atoms with Crippen molar-refractivity contribution in [2.45, 2.75) is 63.8 Å². The summed E-state index contributed by atoms with van der Waals surface area (Å²) in [5.41, 5.74) is 5.31. The summed E-state index contributed by atoms with van der Waals surface area (Å²) < 4.78 is 0. The second-order valence-corrected chi connectivity index (χ2v) is 7.24. The Hall–Kier alpha value is -0.610. The third kappa shape index (κ3) is 4.43. The van der Waals surface area contributed by atoms with Crippen LogP contribution in [0.1, 0.15) is 58.3 Å². The number of likely N-dealkylation sites (N-methyl/N-ethyl adjacent to an activating group) is 1. The minimum absolute atomic E-state index is 0.158. The molecule has 2 aliphatic carbocycles. The zero-order chi connectivity index (χ0) is 15.3. The third-order valence-corrected chi connectivity index (χ3v) is 5.22. The van der Waals surface area contributed by atoms with Gasteiger partial charge in [0.05, 0.1) is 0 Å². The predicted molar refractivity (Wildman–Crippen MR) is 87.0 cm³/mol. The molecule has 122 valence electrons. The quantitative estimate of drug-likeness (QED) is 0.685. The number of primary amides is 1. The van der Waals surface area contributed by atoms with Gasteiger partial charge in [-0.1, -0.05) is 26.2 Å². The molecule has 4 nitrogen and oxygen atoms in total. The van der Waals surface area contributed by atoms with Crippen LogP contribution in [-0.2, 0) is 4.79 Å². The van der Waals surface area contributed by atoms with Crippen molar-refractivity contribution < 1.29 is 4.79 Å². The van der Waals surface area contributed by atoms with Crippen LogP contribution < -0.4 is 11.1 Å². The molecule has 0 aromatic carbocycles. The topological polar surface area (TPSA) is 58.4 Å². The van der Waals surface area contributed by atoms with E-state index in [0.717, 1.165) is 44.8 Å². The first-order valence-corrected chi connectivity index (χ1v) is 8.82. The molecule has 21 heavy (non-hydrogen) atoms. The second kappa shape index (κ2) is 7.59. The van der Waals surface area contributed by atoms with Crippen LogP contribution in [0.4, 0.5) is 0 Å². The molecule has 4 heteroatoms. The zero-order valence-electron chi connectivity index (χ0n) is 13.9. The minimum Gasteiger partial charge on any atom is -0.368 e. The highest BCUT2D eigenvalue weighted by Crippen LogP contribution is 2.40. The molecule has 0 aromatic heterocycles. The summed E-state index contributed by atoms with van der Waals surface area (Å²) in [4.78, 5) is 14.5. The lowest BCUT2D eigenvalue weighted by molar-refractivity contribution is -0.126. The van der Waals surface area contributed by atoms with Gasteiger partial charge in [0.25, 0.3) is 0 Å². The molecule has 2 fully saturated rings. The van der Waals surface area contributed by atoms with Gasteiger partial charge in [-0.2, -0.15) is 0 Å². The van der Waals surface area contributed by atoms with Crippen molar-refractivity contribution in [2.24, 2.45) is 17.6 Å². The van der Waals surface area contributed by atoms with E-state index in [1.807, 2.05) is 0 Å². The number of rotatable bonds is 9. The number of nitrogens with zero attached hydrogens (tertiary/aromatic N) is 1. The molecular weight excluding hydrogens is 262 g/mol. The summed E-state index contributed by atoms with van der Waals surface area (Å²) in [6, 6.07) is 0. The monoisotopic (exact) mass is 295 g/mol. The number of amides is 1. The van der Waals surface area contributed by atoms with E-state index in [1.165, 1.54) is 32.1 Å². The van der Waals surface area contributed by atoms with Gasteiger partial charge in [0, 0.05) is 13.1 Å². The van der Waals surface area contributed by atoms with Gasteiger partial charge in [0.2, 0.25) is 5.91 Å². The van der Waals surface area contributed by atoms with Gasteiger partial charge in [-0.05, 0) is 57.5 Å². The van der Waals surface area contributed by atoms with Crippen LogP contribution in [0.2, 0.25) is 0 Å². The molecule has 2 saturated carbocycles. The lowest BCUT2D eigenvalue weighted by Gasteiger charge is -2.37. The molecule has 0 aromatic rings. The fourth-order valence-electron chi connectivity index (χ4n) is 3.92. The van der Waals surface area contributed by atoms with Crippen molar-refractivity contribution in [2.75, 3.05) is 26.7 Å². The average molecular weight is 295 g/mol. The van der Waals surface area contributed by atoms with Crippen molar-refractivity contribution in [1.29, 1.82) is 0 Å². The van der Waals surface area contributed by atoms with Crippen LogP contribution in [0.25, 0.3) is 0 Å². The van der Waals surface area contributed by atoms with E-state index in [9.17, 15) is 4.79 Å². The lowest BCUT2D eigenvalue weighted by Crippen LogP contribution is -2.63. The molecule has 0 radical (unpaired) electrons. The summed E-state index contributed by atoms with van der Waals surface area (Å²) in [6.45, 7) is 4.88. The maximum Gasteiger partial charge on any atom is 0.239 e. The van der Waals surface area contributed by atoms with Crippen molar-refractivity contribution in [3.8, 4) is 0 Å². The van der Waals surface area contributed by atoms with Crippen LogP contribution in [0.5, 0.6) is 0 Å². The molecule has 1 unspecified atom stereocenters. The molecule has 0 heterocycles. The minimum atomic E-state index is -0.501. The van der Waals surface area contributed by atoms with E-state index >= 15 is 0 Å². The van der Waals surface area contributed by atoms with Gasteiger partial charge in [-0.3, -0.25) is 4.79 Å². The highest BCUT2D eigenvalue weighted by molar-refractivity contribution is 5.86. The van der Waals surface area contributed by atoms with E-state index in [2.05, 4.69) is 24.2 Å². The molecule has 0 bridgehead atoms. The number of hydrogen-bond donors (Lipinski definition) is 2. The molecule has 2 rings (SSSR count). The van der Waals surface area contributed by atoms with E-state index in [-0.39, 0.29) is 5.91 Å². The van der Waals surface area contributed by atoms with Crippen molar-refractivity contribution in [1.82, 2.24) is 10.2 Å². The van der Waals surface area contributed by atoms with Gasteiger partial charge in [0.1, 0.15) is 5.54 Å². The molecular formula is C17H33N3O. The summed E-state index contributed by atoms with van der Waals surface area (Å²) in [5.74, 6) is 1.09. The van der Waals surface area contributed by atoms with E-state index in [4.69, 9.17) is 5.73 Å². The van der Waals surface area contributed by atoms with E-state index in [1.54, 1.807) is 0 Å². The number of nitrogens with one attached hydrogen (secondary N) is 1. The Balaban J connectivity index is 1.94. The van der Waals surface area contributed by atoms with Gasteiger partial charge in [-0.25, -0.2) is 0 Å². The smallest absolute Gasteiger partial charge is 0.239 e. The summed E-state index contributed by atoms with van der Waals surface area (Å²) in [7, 11) is 2.16. The zero-order valence-corrected chi connectivity index (χ0v) is 13.9. The van der Waals surface area contributed by atoms with Crippen LogP contribution in [0.15, 0.2) is 0 Å². The maximum atomic E-state index is 12.2. The molecule has 2 aliphatic rings. The van der Waals surface area contributed by atoms with Crippen LogP contribution >= 0.6 is 0 Å². The number of nitrogens with two attached hydrogens (primary N) is 1. The molecule has 3 N–H and O–H groups in total. The van der Waals surface area contributed by atoms with Crippen molar-refractivity contribution in [3.63, 3.8) is 0 Å². The second-order valence-electron chi connectivity index (χ2n) is 7.24. The Morgan fingerprint density at radius 1 is 1.24 bits per heavy atom. The van der Waals surface area contributed by atoms with Crippen LogP contribution in [0, 0.1) is 11.8 Å². The number of hydrogen-bond acceptors (Lipinski definition) is 3. The Morgan fingerprint density at radius 3 is 2.43 bits per heavy atom. The number of carbonyl (C=O) groups is 1. The van der Waals surface area contributed by atoms with Crippen molar-refractivity contribution >= 4 is 5.91 Å². The molecule has 0 spiro atoms. The first-order chi connectivity index (χ1) is 10.1.